The molecular formula is C11H19NO. The Balaban J connectivity index is 0.000000671. The molecule has 0 saturated carbocycles. The van der Waals surface area contributed by atoms with Crippen LogP contribution in [-0.4, -0.2) is 11.1 Å². The largest absolute Gasteiger partial charge is 0.489 e. The van der Waals surface area contributed by atoms with Gasteiger partial charge in [-0.25, -0.2) is 0 Å². The van der Waals surface area contributed by atoms with Crippen molar-refractivity contribution < 1.29 is 4.74 Å². The van der Waals surface area contributed by atoms with Crippen LogP contribution in [-0.2, 0) is 0 Å². The van der Waals surface area contributed by atoms with Crippen LogP contribution >= 0.6 is 0 Å². The van der Waals surface area contributed by atoms with E-state index in [-0.39, 0.29) is 6.10 Å². The van der Waals surface area contributed by atoms with Gasteiger partial charge in [0.05, 0.1) is 12.3 Å². The Kier molecular flexibility index (Phi) is 5.94. The van der Waals surface area contributed by atoms with Gasteiger partial charge in [0.2, 0.25) is 0 Å². The van der Waals surface area contributed by atoms with Crippen LogP contribution in [0.2, 0.25) is 0 Å². The van der Waals surface area contributed by atoms with Gasteiger partial charge in [0.25, 0.3) is 0 Å². The van der Waals surface area contributed by atoms with Gasteiger partial charge in [-0.1, -0.05) is 13.8 Å². The molecule has 74 valence electrons. The molecule has 2 nitrogen and oxygen atoms in total. The van der Waals surface area contributed by atoms with Gasteiger partial charge in [-0.3, -0.25) is 4.98 Å². The van der Waals surface area contributed by atoms with Crippen molar-refractivity contribution >= 4 is 0 Å². The Hall–Kier alpha value is -1.05. The molecule has 0 atom stereocenters. The molecule has 0 aromatic carbocycles. The van der Waals surface area contributed by atoms with Crippen LogP contribution in [0.4, 0.5) is 0 Å². The summed E-state index contributed by atoms with van der Waals surface area (Å²) in [6.45, 7) is 10.0. The van der Waals surface area contributed by atoms with E-state index >= 15 is 0 Å². The van der Waals surface area contributed by atoms with E-state index in [4.69, 9.17) is 4.74 Å². The number of hydrogen-bond donors (Lipinski definition) is 0. The first-order valence-electron chi connectivity index (χ1n) is 4.77. The molecule has 0 spiro atoms. The lowest BCUT2D eigenvalue weighted by Gasteiger charge is -2.08. The van der Waals surface area contributed by atoms with Crippen LogP contribution in [0.3, 0.4) is 0 Å². The summed E-state index contributed by atoms with van der Waals surface area (Å²) in [5.41, 5.74) is 1.13. The number of pyridine rings is 1. The van der Waals surface area contributed by atoms with Crippen molar-refractivity contribution in [2.45, 2.75) is 40.7 Å². The molecule has 0 aliphatic heterocycles. The smallest absolute Gasteiger partial charge is 0.138 e. The summed E-state index contributed by atoms with van der Waals surface area (Å²) in [5.74, 6) is 0.847. The fraction of sp³-hybridized carbons (Fsp3) is 0.545. The molecule has 0 aliphatic rings. The predicted octanol–water partition coefficient (Wildman–Crippen LogP) is 3.20. The molecule has 1 rings (SSSR count). The summed E-state index contributed by atoms with van der Waals surface area (Å²) in [7, 11) is 0. The Morgan fingerprint density at radius 2 is 1.85 bits per heavy atom. The van der Waals surface area contributed by atoms with Crippen molar-refractivity contribution in [3.63, 3.8) is 0 Å². The van der Waals surface area contributed by atoms with Crippen molar-refractivity contribution in [2.24, 2.45) is 0 Å². The number of aryl methyl sites for hydroxylation is 1. The molecule has 1 aromatic heterocycles. The minimum Gasteiger partial charge on any atom is -0.489 e. The van der Waals surface area contributed by atoms with Gasteiger partial charge in [-0.15, -0.1) is 0 Å². The third kappa shape index (κ3) is 5.23. The molecule has 0 fully saturated rings. The first-order valence-corrected chi connectivity index (χ1v) is 4.77. The second kappa shape index (κ2) is 6.46. The lowest BCUT2D eigenvalue weighted by Crippen LogP contribution is -2.05. The second-order valence-electron chi connectivity index (χ2n) is 2.86. The van der Waals surface area contributed by atoms with E-state index in [0.717, 1.165) is 11.3 Å². The zero-order valence-electron chi connectivity index (χ0n) is 9.16. The molecule has 2 heteroatoms. The van der Waals surface area contributed by atoms with Crippen LogP contribution in [0.15, 0.2) is 18.5 Å². The van der Waals surface area contributed by atoms with Gasteiger partial charge in [0.15, 0.2) is 0 Å². The molecule has 0 amide bonds. The standard InChI is InChI=1S/C9H13NO.C2H6/c1-7(2)11-9-4-8(3)5-10-6-9;1-2/h4-7H,1-3H3;1-2H3. The fourth-order valence-corrected chi connectivity index (χ4v) is 0.864. The summed E-state index contributed by atoms with van der Waals surface area (Å²) in [5, 5.41) is 0. The molecule has 0 saturated heterocycles. The monoisotopic (exact) mass is 181 g/mol. The molecule has 0 bridgehead atoms. The third-order valence-corrected chi connectivity index (χ3v) is 1.22. The lowest BCUT2D eigenvalue weighted by atomic mass is 10.3. The maximum Gasteiger partial charge on any atom is 0.138 e. The van der Waals surface area contributed by atoms with Crippen molar-refractivity contribution in [3.05, 3.63) is 24.0 Å². The van der Waals surface area contributed by atoms with Crippen LogP contribution in [0.1, 0.15) is 33.3 Å². The van der Waals surface area contributed by atoms with Gasteiger partial charge in [0.1, 0.15) is 5.75 Å². The van der Waals surface area contributed by atoms with Gasteiger partial charge in [-0.05, 0) is 32.4 Å². The van der Waals surface area contributed by atoms with E-state index < -0.39 is 0 Å². The molecule has 13 heavy (non-hydrogen) atoms. The van der Waals surface area contributed by atoms with Gasteiger partial charge in [-0.2, -0.15) is 0 Å². The zero-order valence-corrected chi connectivity index (χ0v) is 9.16. The molecule has 1 aromatic rings. The molecule has 1 heterocycles. The highest BCUT2D eigenvalue weighted by Gasteiger charge is 1.96. The van der Waals surface area contributed by atoms with Crippen LogP contribution in [0.5, 0.6) is 5.75 Å². The highest BCUT2D eigenvalue weighted by molar-refractivity contribution is 5.22. The first-order chi connectivity index (χ1) is 6.18. The SMILES string of the molecule is CC.Cc1cncc(OC(C)C)c1. The Labute approximate surface area is 81.0 Å². The Morgan fingerprint density at radius 3 is 2.31 bits per heavy atom. The van der Waals surface area contributed by atoms with E-state index in [2.05, 4.69) is 4.98 Å². The van der Waals surface area contributed by atoms with E-state index in [0.29, 0.717) is 0 Å². The van der Waals surface area contributed by atoms with E-state index in [1.54, 1.807) is 6.20 Å². The normalized spacial score (nSPS) is 9.08. The second-order valence-corrected chi connectivity index (χ2v) is 2.86. The van der Waals surface area contributed by atoms with Gasteiger partial charge >= 0.3 is 0 Å². The zero-order chi connectivity index (χ0) is 10.3. The van der Waals surface area contributed by atoms with Gasteiger partial charge < -0.3 is 4.74 Å². The molecule has 0 unspecified atom stereocenters. The maximum atomic E-state index is 5.43. The highest BCUT2D eigenvalue weighted by Crippen LogP contribution is 2.11. The average molecular weight is 181 g/mol. The van der Waals surface area contributed by atoms with Crippen molar-refractivity contribution in [2.75, 3.05) is 0 Å². The third-order valence-electron chi connectivity index (χ3n) is 1.22. The average Bonchev–Trinajstić information content (AvgIpc) is 2.06. The predicted molar refractivity (Wildman–Crippen MR) is 56.1 cm³/mol. The van der Waals surface area contributed by atoms with E-state index in [1.807, 2.05) is 46.9 Å². The summed E-state index contributed by atoms with van der Waals surface area (Å²) in [6, 6.07) is 1.98. The minimum absolute atomic E-state index is 0.221. The topological polar surface area (TPSA) is 22.1 Å². The first kappa shape index (κ1) is 11.9. The van der Waals surface area contributed by atoms with E-state index in [9.17, 15) is 0 Å². The quantitative estimate of drug-likeness (QED) is 0.699. The molecule has 0 N–H and O–H groups in total. The molecule has 0 aliphatic carbocycles. The van der Waals surface area contributed by atoms with E-state index in [1.165, 1.54) is 0 Å². The maximum absolute atomic E-state index is 5.43. The number of aromatic nitrogens is 1. The minimum atomic E-state index is 0.221. The van der Waals surface area contributed by atoms with Crippen LogP contribution < -0.4 is 4.74 Å². The Morgan fingerprint density at radius 1 is 1.23 bits per heavy atom. The highest BCUT2D eigenvalue weighted by atomic mass is 16.5. The summed E-state index contributed by atoms with van der Waals surface area (Å²) in [6.07, 6.45) is 3.76. The Bertz CT molecular complexity index is 233. The van der Waals surface area contributed by atoms with Crippen molar-refractivity contribution in [1.82, 2.24) is 4.98 Å². The number of nitrogens with zero attached hydrogens (tertiary/aromatic N) is 1. The summed E-state index contributed by atoms with van der Waals surface area (Å²) < 4.78 is 5.43. The molecular weight excluding hydrogens is 162 g/mol. The number of rotatable bonds is 2. The van der Waals surface area contributed by atoms with Gasteiger partial charge in [0, 0.05) is 6.20 Å². The number of ether oxygens (including phenoxy) is 1. The van der Waals surface area contributed by atoms with Crippen LogP contribution in [0, 0.1) is 6.92 Å². The summed E-state index contributed by atoms with van der Waals surface area (Å²) >= 11 is 0. The van der Waals surface area contributed by atoms with Crippen LogP contribution in [0.25, 0.3) is 0 Å². The lowest BCUT2D eigenvalue weighted by molar-refractivity contribution is 0.241. The summed E-state index contributed by atoms with van der Waals surface area (Å²) in [4.78, 5) is 4.01. The number of hydrogen-bond acceptors (Lipinski definition) is 2. The van der Waals surface area contributed by atoms with Crippen molar-refractivity contribution in [3.8, 4) is 5.75 Å². The fourth-order valence-electron chi connectivity index (χ4n) is 0.864. The molecule has 0 radical (unpaired) electrons. The van der Waals surface area contributed by atoms with Crippen molar-refractivity contribution in [1.29, 1.82) is 0 Å².